The normalized spacial score (nSPS) is 13.6. The Hall–Kier alpha value is -2.87. The van der Waals surface area contributed by atoms with Gasteiger partial charge in [0, 0.05) is 36.3 Å². The van der Waals surface area contributed by atoms with Crippen molar-refractivity contribution in [1.29, 1.82) is 0 Å². The van der Waals surface area contributed by atoms with E-state index in [-0.39, 0.29) is 11.5 Å². The summed E-state index contributed by atoms with van der Waals surface area (Å²) in [4.78, 5) is 32.5. The number of aryl methyl sites for hydroxylation is 1. The van der Waals surface area contributed by atoms with Crippen molar-refractivity contribution in [2.75, 3.05) is 6.61 Å². The predicted molar refractivity (Wildman–Crippen MR) is 96.7 cm³/mol. The summed E-state index contributed by atoms with van der Waals surface area (Å²) in [5.41, 5.74) is 2.17. The molecule has 1 aromatic carbocycles. The third-order valence-corrected chi connectivity index (χ3v) is 5.56. The second-order valence-corrected chi connectivity index (χ2v) is 7.18. The number of aromatic nitrogens is 2. The van der Waals surface area contributed by atoms with Gasteiger partial charge in [-0.2, -0.15) is 0 Å². The minimum absolute atomic E-state index is 0.0756. The zero-order valence-corrected chi connectivity index (χ0v) is 14.6. The summed E-state index contributed by atoms with van der Waals surface area (Å²) in [7, 11) is 0. The van der Waals surface area contributed by atoms with Gasteiger partial charge >= 0.3 is 0 Å². The molecule has 8 heteroatoms. The van der Waals surface area contributed by atoms with E-state index >= 15 is 0 Å². The van der Waals surface area contributed by atoms with E-state index in [0.717, 1.165) is 26.2 Å². The van der Waals surface area contributed by atoms with Gasteiger partial charge in [-0.15, -0.1) is 11.3 Å². The van der Waals surface area contributed by atoms with E-state index in [4.69, 9.17) is 4.74 Å². The molecule has 1 aliphatic carbocycles. The van der Waals surface area contributed by atoms with Crippen LogP contribution in [-0.4, -0.2) is 27.3 Å². The summed E-state index contributed by atoms with van der Waals surface area (Å²) in [6.45, 7) is 0.410. The number of ketones is 1. The highest BCUT2D eigenvalue weighted by Gasteiger charge is 2.24. The summed E-state index contributed by atoms with van der Waals surface area (Å²) in [6, 6.07) is 6.44. The minimum Gasteiger partial charge on any atom is -0.477 e. The molecule has 0 unspecified atom stereocenters. The molecular weight excluding hydrogens is 354 g/mol. The lowest BCUT2D eigenvalue weighted by Gasteiger charge is -2.11. The smallest absolute Gasteiger partial charge is 0.269 e. The lowest BCUT2D eigenvalue weighted by atomic mass is 9.96. The zero-order valence-electron chi connectivity index (χ0n) is 13.8. The van der Waals surface area contributed by atoms with Crippen LogP contribution in [0.15, 0.2) is 30.6 Å². The highest BCUT2D eigenvalue weighted by Crippen LogP contribution is 2.38. The number of rotatable bonds is 5. The van der Waals surface area contributed by atoms with Crippen molar-refractivity contribution >= 4 is 33.0 Å². The third-order valence-electron chi connectivity index (χ3n) is 4.42. The maximum atomic E-state index is 11.7. The summed E-state index contributed by atoms with van der Waals surface area (Å²) >= 11 is 1.54. The zero-order chi connectivity index (χ0) is 18.1. The Labute approximate surface area is 152 Å². The van der Waals surface area contributed by atoms with Gasteiger partial charge in [0.15, 0.2) is 0 Å². The molecule has 4 rings (SSSR count). The number of hydrogen-bond acceptors (Lipinski definition) is 7. The molecule has 0 radical (unpaired) electrons. The van der Waals surface area contributed by atoms with Crippen molar-refractivity contribution in [1.82, 2.24) is 9.97 Å². The molecule has 2 aromatic heterocycles. The van der Waals surface area contributed by atoms with Crippen molar-refractivity contribution in [2.24, 2.45) is 0 Å². The topological polar surface area (TPSA) is 95.2 Å². The molecule has 0 spiro atoms. The van der Waals surface area contributed by atoms with E-state index in [2.05, 4.69) is 9.97 Å². The SMILES string of the molecule is O=C1CCc2c(sc3ncnc(OCCc4ccc([N+](=O)[O-])cc4)c23)C1. The van der Waals surface area contributed by atoms with Crippen LogP contribution in [0.1, 0.15) is 22.4 Å². The van der Waals surface area contributed by atoms with Crippen LogP contribution in [0.2, 0.25) is 0 Å². The molecule has 26 heavy (non-hydrogen) atoms. The highest BCUT2D eigenvalue weighted by atomic mass is 32.1. The largest absolute Gasteiger partial charge is 0.477 e. The number of ether oxygens (including phenoxy) is 1. The Morgan fingerprint density at radius 2 is 2.00 bits per heavy atom. The maximum Gasteiger partial charge on any atom is 0.269 e. The molecule has 7 nitrogen and oxygen atoms in total. The summed E-state index contributed by atoms with van der Waals surface area (Å²) < 4.78 is 5.89. The van der Waals surface area contributed by atoms with E-state index in [1.807, 2.05) is 0 Å². The molecule has 132 valence electrons. The van der Waals surface area contributed by atoms with Crippen molar-refractivity contribution in [3.63, 3.8) is 0 Å². The van der Waals surface area contributed by atoms with E-state index < -0.39 is 4.92 Å². The molecule has 1 aliphatic rings. The van der Waals surface area contributed by atoms with E-state index in [1.165, 1.54) is 29.8 Å². The van der Waals surface area contributed by atoms with Crippen LogP contribution in [-0.2, 0) is 24.1 Å². The van der Waals surface area contributed by atoms with Crippen LogP contribution < -0.4 is 4.74 Å². The summed E-state index contributed by atoms with van der Waals surface area (Å²) in [5, 5.41) is 11.6. The number of benzene rings is 1. The molecule has 2 heterocycles. The van der Waals surface area contributed by atoms with Gasteiger partial charge in [-0.1, -0.05) is 12.1 Å². The second kappa shape index (κ2) is 6.80. The van der Waals surface area contributed by atoms with Gasteiger partial charge < -0.3 is 4.74 Å². The molecular formula is C18H15N3O4S. The molecule has 0 aliphatic heterocycles. The van der Waals surface area contributed by atoms with E-state index in [1.54, 1.807) is 12.1 Å². The number of non-ortho nitro benzene ring substituents is 1. The van der Waals surface area contributed by atoms with Crippen molar-refractivity contribution in [3.05, 3.63) is 56.7 Å². The lowest BCUT2D eigenvalue weighted by Crippen LogP contribution is -2.11. The molecule has 0 bridgehead atoms. The van der Waals surface area contributed by atoms with Crippen molar-refractivity contribution < 1.29 is 14.5 Å². The number of thiophene rings is 1. The van der Waals surface area contributed by atoms with Crippen LogP contribution in [0.4, 0.5) is 5.69 Å². The predicted octanol–water partition coefficient (Wildman–Crippen LogP) is 3.28. The van der Waals surface area contributed by atoms with Gasteiger partial charge in [0.2, 0.25) is 5.88 Å². The number of fused-ring (bicyclic) bond motifs is 3. The lowest BCUT2D eigenvalue weighted by molar-refractivity contribution is -0.384. The van der Waals surface area contributed by atoms with Crippen molar-refractivity contribution in [3.8, 4) is 5.88 Å². The van der Waals surface area contributed by atoms with Crippen molar-refractivity contribution in [2.45, 2.75) is 25.7 Å². The molecule has 3 aromatic rings. The second-order valence-electron chi connectivity index (χ2n) is 6.10. The Morgan fingerprint density at radius 3 is 2.77 bits per heavy atom. The summed E-state index contributed by atoms with van der Waals surface area (Å²) in [6.07, 6.45) is 3.83. The van der Waals surface area contributed by atoms with Gasteiger partial charge in [0.05, 0.1) is 16.9 Å². The fraction of sp³-hybridized carbons (Fsp3) is 0.278. The van der Waals surface area contributed by atoms with Crippen LogP contribution in [0.5, 0.6) is 5.88 Å². The number of carbonyl (C=O) groups is 1. The van der Waals surface area contributed by atoms with E-state index in [0.29, 0.717) is 38.2 Å². The Morgan fingerprint density at radius 1 is 1.19 bits per heavy atom. The number of Topliss-reactive ketones (excluding diaryl/α,β-unsaturated/α-hetero) is 1. The van der Waals surface area contributed by atoms with Crippen LogP contribution in [0, 0.1) is 10.1 Å². The van der Waals surface area contributed by atoms with Crippen LogP contribution in [0.25, 0.3) is 10.2 Å². The molecule has 0 amide bonds. The Balaban J connectivity index is 1.51. The standard InChI is InChI=1S/C18H15N3O4S/c22-13-5-6-14-15(9-13)26-18-16(14)17(19-10-20-18)25-8-7-11-1-3-12(4-2-11)21(23)24/h1-4,10H,5-9H2. The number of nitro groups is 1. The first-order valence-corrected chi connectivity index (χ1v) is 9.06. The summed E-state index contributed by atoms with van der Waals surface area (Å²) in [5.74, 6) is 0.807. The average molecular weight is 369 g/mol. The minimum atomic E-state index is -0.414. The van der Waals surface area contributed by atoms with Gasteiger partial charge in [-0.05, 0) is 17.5 Å². The Bertz CT molecular complexity index is 998. The molecule has 0 saturated heterocycles. The highest BCUT2D eigenvalue weighted by molar-refractivity contribution is 7.19. The van der Waals surface area contributed by atoms with Gasteiger partial charge in [-0.3, -0.25) is 14.9 Å². The molecule has 0 N–H and O–H groups in total. The van der Waals surface area contributed by atoms with Crippen LogP contribution in [0.3, 0.4) is 0 Å². The average Bonchev–Trinajstić information content (AvgIpc) is 3.00. The fourth-order valence-electron chi connectivity index (χ4n) is 3.11. The van der Waals surface area contributed by atoms with E-state index in [9.17, 15) is 14.9 Å². The Kier molecular flexibility index (Phi) is 4.34. The first kappa shape index (κ1) is 16.6. The number of nitrogens with zero attached hydrogens (tertiary/aromatic N) is 3. The monoisotopic (exact) mass is 369 g/mol. The first-order chi connectivity index (χ1) is 12.6. The fourth-order valence-corrected chi connectivity index (χ4v) is 4.31. The first-order valence-electron chi connectivity index (χ1n) is 8.25. The van der Waals surface area contributed by atoms with Gasteiger partial charge in [0.1, 0.15) is 16.9 Å². The number of nitro benzene ring substituents is 1. The molecule has 0 saturated carbocycles. The van der Waals surface area contributed by atoms with Gasteiger partial charge in [-0.25, -0.2) is 9.97 Å². The molecule has 0 fully saturated rings. The quantitative estimate of drug-likeness (QED) is 0.506. The maximum absolute atomic E-state index is 11.7. The molecule has 0 atom stereocenters. The number of carbonyl (C=O) groups excluding carboxylic acids is 1. The van der Waals surface area contributed by atoms with Gasteiger partial charge in [0.25, 0.3) is 5.69 Å². The number of hydrogen-bond donors (Lipinski definition) is 0. The van der Waals surface area contributed by atoms with Crippen LogP contribution >= 0.6 is 11.3 Å². The third kappa shape index (κ3) is 3.15.